The van der Waals surface area contributed by atoms with Crippen molar-refractivity contribution >= 4 is 17.7 Å². The summed E-state index contributed by atoms with van der Waals surface area (Å²) in [5, 5.41) is 0. The number of carbonyl (C=O) groups is 3. The average molecular weight is 714 g/mol. The molecule has 0 saturated heterocycles. The Hall–Kier alpha value is -4.16. The fraction of sp³-hybridized carbons (Fsp3) is 0.565. The summed E-state index contributed by atoms with van der Waals surface area (Å²) in [7, 11) is 0. The van der Waals surface area contributed by atoms with Crippen molar-refractivity contribution < 1.29 is 23.9 Å². The molecule has 0 amide bonds. The van der Waals surface area contributed by atoms with E-state index < -0.39 is 0 Å². The molecular formula is C46H67NO5. The highest BCUT2D eigenvalue weighted by Gasteiger charge is 2.19. The lowest BCUT2D eigenvalue weighted by Gasteiger charge is -2.16. The number of allylic oxidation sites excluding steroid dienone is 2. The molecule has 0 fully saturated rings. The van der Waals surface area contributed by atoms with Gasteiger partial charge in [-0.1, -0.05) is 108 Å². The quantitative estimate of drug-likeness (QED) is 0.0441. The molecule has 6 nitrogen and oxygen atoms in total. The van der Waals surface area contributed by atoms with Crippen LogP contribution in [-0.2, 0) is 38.6 Å². The van der Waals surface area contributed by atoms with Gasteiger partial charge in [0.05, 0.1) is 5.69 Å². The maximum absolute atomic E-state index is 12.5. The van der Waals surface area contributed by atoms with E-state index in [-0.39, 0.29) is 43.6 Å². The second-order valence-corrected chi connectivity index (χ2v) is 12.6. The molecule has 0 atom stereocenters. The smallest absolute Gasteiger partial charge is 0.311 e. The molecule has 0 aliphatic heterocycles. The Labute approximate surface area is 317 Å². The summed E-state index contributed by atoms with van der Waals surface area (Å²) in [4.78, 5) is 41.2. The molecule has 2 aromatic rings. The monoisotopic (exact) mass is 714 g/mol. The second kappa shape index (κ2) is 34.0. The topological polar surface area (TPSA) is 82.6 Å². The number of rotatable bonds is 25. The molecule has 1 aromatic carbocycles. The summed E-state index contributed by atoms with van der Waals surface area (Å²) < 4.78 is 11.1. The first-order valence-corrected chi connectivity index (χ1v) is 19.7. The van der Waals surface area contributed by atoms with Crippen LogP contribution in [0.25, 0.3) is 0 Å². The predicted molar refractivity (Wildman–Crippen MR) is 216 cm³/mol. The number of terminal acetylenes is 2. The van der Waals surface area contributed by atoms with Gasteiger partial charge in [0.15, 0.2) is 5.75 Å². The maximum atomic E-state index is 12.5. The molecule has 2 rings (SSSR count). The van der Waals surface area contributed by atoms with E-state index >= 15 is 0 Å². The van der Waals surface area contributed by atoms with Gasteiger partial charge in [-0.2, -0.15) is 0 Å². The van der Waals surface area contributed by atoms with Crippen molar-refractivity contribution in [1.82, 2.24) is 4.98 Å². The van der Waals surface area contributed by atoms with Crippen LogP contribution >= 0.6 is 0 Å². The van der Waals surface area contributed by atoms with Crippen LogP contribution in [0.5, 0.6) is 5.75 Å². The van der Waals surface area contributed by atoms with E-state index in [0.29, 0.717) is 67.5 Å². The third-order valence-corrected chi connectivity index (χ3v) is 8.29. The molecule has 0 radical (unpaired) electrons. The van der Waals surface area contributed by atoms with Gasteiger partial charge in [0.2, 0.25) is 0 Å². The molecular weight excluding hydrogens is 647 g/mol. The van der Waals surface area contributed by atoms with E-state index in [9.17, 15) is 14.4 Å². The molecule has 0 saturated carbocycles. The Morgan fingerprint density at radius 3 is 2.02 bits per heavy atom. The van der Waals surface area contributed by atoms with Gasteiger partial charge in [0, 0.05) is 55.8 Å². The minimum absolute atomic E-state index is 0.0192. The van der Waals surface area contributed by atoms with Crippen molar-refractivity contribution in [3.05, 3.63) is 71.1 Å². The van der Waals surface area contributed by atoms with Crippen molar-refractivity contribution in [2.75, 3.05) is 0 Å². The molecule has 0 aliphatic rings. The van der Waals surface area contributed by atoms with Crippen LogP contribution in [0.1, 0.15) is 166 Å². The molecule has 286 valence electrons. The number of carbonyl (C=O) groups excluding carboxylic acids is 3. The summed E-state index contributed by atoms with van der Waals surface area (Å²) in [5.41, 5.74) is 3.31. The number of esters is 2. The zero-order chi connectivity index (χ0) is 38.7. The Morgan fingerprint density at radius 2 is 1.38 bits per heavy atom. The highest BCUT2D eigenvalue weighted by Crippen LogP contribution is 2.28. The molecule has 0 spiro atoms. The van der Waals surface area contributed by atoms with Crippen LogP contribution in [0, 0.1) is 31.6 Å². The third-order valence-electron chi connectivity index (χ3n) is 8.29. The molecule has 0 unspecified atom stereocenters. The summed E-state index contributed by atoms with van der Waals surface area (Å²) in [6.07, 6.45) is 33.8. The van der Waals surface area contributed by atoms with Crippen molar-refractivity contribution in [2.24, 2.45) is 0 Å². The number of nitrogens with zero attached hydrogens (tertiary/aromatic N) is 1. The van der Waals surface area contributed by atoms with Crippen molar-refractivity contribution in [3.8, 4) is 30.4 Å². The largest absolute Gasteiger partial charge is 0.461 e. The van der Waals surface area contributed by atoms with E-state index in [1.54, 1.807) is 13.1 Å². The molecule has 0 bridgehead atoms. The number of ketones is 1. The first-order chi connectivity index (χ1) is 25.4. The van der Waals surface area contributed by atoms with E-state index in [1.165, 1.54) is 63.4 Å². The molecule has 0 aliphatic carbocycles. The predicted octanol–water partition coefficient (Wildman–Crippen LogP) is 11.6. The second-order valence-electron chi connectivity index (χ2n) is 12.6. The Bertz CT molecular complexity index is 1350. The number of aromatic nitrogens is 1. The number of hydrogen-bond acceptors (Lipinski definition) is 6. The molecule has 6 heteroatoms. The van der Waals surface area contributed by atoms with Crippen molar-refractivity contribution in [3.63, 3.8) is 0 Å². The molecule has 1 heterocycles. The number of unbranched alkanes of at least 4 members (excludes halogenated alkanes) is 10. The Kier molecular flexibility index (Phi) is 31.2. The lowest BCUT2D eigenvalue weighted by molar-refractivity contribution is -0.145. The van der Waals surface area contributed by atoms with Crippen LogP contribution in [0.4, 0.5) is 0 Å². The van der Waals surface area contributed by atoms with Gasteiger partial charge in [0.1, 0.15) is 12.4 Å². The number of aryl methyl sites for hydroxylation is 2. The minimum atomic E-state index is -0.366. The van der Waals surface area contributed by atoms with Crippen LogP contribution < -0.4 is 4.74 Å². The Balaban J connectivity index is 0.00000120. The standard InChI is InChI=1S/C28H35NO5.C16H26.C2H6/c1-5-8-11-14-17-27(32)34-28-22(4)29-20-23(21-33-26(31)16-13-10-7-3)25(28)19-18-24(30)15-12-9-6-2;1-2-3-4-5-6-7-8-10-13-16-14-11-9-12-15-16;1-2/h2-3,5,8,20H,9-19,21H2,1,4H3;9,11-12,14-15H,2-8,10,13H2,1H3;1-2H3/b8-5-;;. The fourth-order valence-corrected chi connectivity index (χ4v) is 5.36. The lowest BCUT2D eigenvalue weighted by atomic mass is 9.99. The van der Waals surface area contributed by atoms with Crippen LogP contribution in [-0.4, -0.2) is 22.7 Å². The molecule has 52 heavy (non-hydrogen) atoms. The van der Waals surface area contributed by atoms with Gasteiger partial charge < -0.3 is 9.47 Å². The zero-order valence-corrected chi connectivity index (χ0v) is 33.1. The number of benzene rings is 1. The van der Waals surface area contributed by atoms with E-state index in [4.69, 9.17) is 22.3 Å². The molecule has 1 aromatic heterocycles. The van der Waals surface area contributed by atoms with Gasteiger partial charge in [-0.3, -0.25) is 19.4 Å². The normalized spacial score (nSPS) is 10.2. The van der Waals surface area contributed by atoms with E-state index in [0.717, 1.165) is 6.42 Å². The van der Waals surface area contributed by atoms with E-state index in [1.807, 2.05) is 32.9 Å². The first-order valence-electron chi connectivity index (χ1n) is 19.7. The summed E-state index contributed by atoms with van der Waals surface area (Å²) in [6.45, 7) is 9.94. The highest BCUT2D eigenvalue weighted by atomic mass is 16.5. The number of Topliss-reactive ketones (excluding diaryl/α,β-unsaturated/α-hetero) is 1. The average Bonchev–Trinajstić information content (AvgIpc) is 3.16. The summed E-state index contributed by atoms with van der Waals surface area (Å²) in [6, 6.07) is 10.8. The van der Waals surface area contributed by atoms with Crippen molar-refractivity contribution in [1.29, 1.82) is 0 Å². The number of ether oxygens (including phenoxy) is 2. The van der Waals surface area contributed by atoms with Gasteiger partial charge in [0.25, 0.3) is 0 Å². The van der Waals surface area contributed by atoms with Crippen LogP contribution in [0.2, 0.25) is 0 Å². The SMILES string of the molecule is C#CCCCC(=O)CCc1c(COC(=O)CCCC#C)cnc(C)c1OC(=O)CCC/C=C\C.CC.CCCCCCCCCCc1ccccc1. The number of pyridine rings is 1. The van der Waals surface area contributed by atoms with Crippen LogP contribution in [0.15, 0.2) is 48.7 Å². The Morgan fingerprint density at radius 1 is 0.769 bits per heavy atom. The van der Waals surface area contributed by atoms with Gasteiger partial charge in [-0.15, -0.1) is 24.7 Å². The van der Waals surface area contributed by atoms with Gasteiger partial charge >= 0.3 is 11.9 Å². The van der Waals surface area contributed by atoms with Gasteiger partial charge in [-0.05, 0) is 64.4 Å². The zero-order valence-electron chi connectivity index (χ0n) is 33.1. The maximum Gasteiger partial charge on any atom is 0.311 e. The van der Waals surface area contributed by atoms with Gasteiger partial charge in [-0.25, -0.2) is 0 Å². The summed E-state index contributed by atoms with van der Waals surface area (Å²) >= 11 is 0. The fourth-order valence-electron chi connectivity index (χ4n) is 5.36. The molecule has 0 N–H and O–H groups in total. The summed E-state index contributed by atoms with van der Waals surface area (Å²) in [5.74, 6) is 4.71. The first kappa shape index (κ1) is 47.8. The third kappa shape index (κ3) is 24.9. The lowest BCUT2D eigenvalue weighted by Crippen LogP contribution is -2.14. The number of hydrogen-bond donors (Lipinski definition) is 0. The minimum Gasteiger partial charge on any atom is -0.461 e. The van der Waals surface area contributed by atoms with E-state index in [2.05, 4.69) is 54.1 Å². The highest BCUT2D eigenvalue weighted by molar-refractivity contribution is 5.79. The van der Waals surface area contributed by atoms with Crippen molar-refractivity contribution in [2.45, 2.75) is 170 Å². The van der Waals surface area contributed by atoms with Crippen LogP contribution in [0.3, 0.4) is 0 Å².